The Morgan fingerprint density at radius 3 is 2.21 bits per heavy atom. The van der Waals surface area contributed by atoms with Gasteiger partial charge in [-0.25, -0.2) is 0 Å². The van der Waals surface area contributed by atoms with Gasteiger partial charge in [0, 0.05) is 28.7 Å². The Balaban J connectivity index is 1.73. The van der Waals surface area contributed by atoms with E-state index in [-0.39, 0.29) is 0 Å². The van der Waals surface area contributed by atoms with E-state index in [1.807, 2.05) is 0 Å². The summed E-state index contributed by atoms with van der Waals surface area (Å²) in [6.45, 7) is 0. The second kappa shape index (κ2) is 5.14. The number of hydrogen-bond acceptors (Lipinski definition) is 0. The normalized spacial score (nSPS) is 11.3. The molecule has 2 heterocycles. The number of nitrogens with zero attached hydrogens (tertiary/aromatic N) is 1. The molecule has 0 saturated carbocycles. The third-order valence-electron chi connectivity index (χ3n) is 4.58. The summed E-state index contributed by atoms with van der Waals surface area (Å²) < 4.78 is 2.18. The van der Waals surface area contributed by atoms with Gasteiger partial charge in [-0.05, 0) is 11.1 Å². The fourth-order valence-electron chi connectivity index (χ4n) is 3.44. The molecule has 24 heavy (non-hydrogen) atoms. The lowest BCUT2D eigenvalue weighted by Crippen LogP contribution is -1.84. The number of benzene rings is 3. The summed E-state index contributed by atoms with van der Waals surface area (Å²) in [5.74, 6) is 0. The lowest BCUT2D eigenvalue weighted by atomic mass is 9.98. The third-order valence-corrected chi connectivity index (χ3v) is 4.58. The largest absolute Gasteiger partial charge is 0.339 e. The van der Waals surface area contributed by atoms with Crippen molar-refractivity contribution in [1.29, 1.82) is 0 Å². The van der Waals surface area contributed by atoms with Crippen LogP contribution < -0.4 is 0 Å². The highest BCUT2D eigenvalue weighted by Crippen LogP contribution is 2.33. The van der Waals surface area contributed by atoms with Crippen LogP contribution in [-0.4, -0.2) is 9.38 Å². The molecule has 0 radical (unpaired) electrons. The number of H-pyrrole nitrogens is 1. The molecule has 0 atom stereocenters. The van der Waals surface area contributed by atoms with Gasteiger partial charge in [-0.1, -0.05) is 78.9 Å². The first-order chi connectivity index (χ1) is 11.9. The van der Waals surface area contributed by atoms with Crippen molar-refractivity contribution in [2.24, 2.45) is 0 Å². The van der Waals surface area contributed by atoms with Gasteiger partial charge in [0.15, 0.2) is 0 Å². The van der Waals surface area contributed by atoms with Crippen molar-refractivity contribution in [1.82, 2.24) is 9.38 Å². The molecular weight excluding hydrogens is 292 g/mol. The standard InChI is InChI=1S/C22H16N2/c1-2-8-16(9-3-1)18-11-6-7-13-20(18)21-15-24-14-17-10-4-5-12-19(17)22(24)23-21/h1-15,23H. The van der Waals surface area contributed by atoms with Crippen LogP contribution in [0.15, 0.2) is 91.3 Å². The highest BCUT2D eigenvalue weighted by atomic mass is 15.0. The van der Waals surface area contributed by atoms with Gasteiger partial charge in [0.2, 0.25) is 0 Å². The average Bonchev–Trinajstić information content (AvgIpc) is 3.20. The van der Waals surface area contributed by atoms with E-state index in [2.05, 4.69) is 101 Å². The Morgan fingerprint density at radius 1 is 0.625 bits per heavy atom. The van der Waals surface area contributed by atoms with E-state index in [4.69, 9.17) is 0 Å². The first kappa shape index (κ1) is 13.2. The van der Waals surface area contributed by atoms with Crippen LogP contribution >= 0.6 is 0 Å². The fraction of sp³-hybridized carbons (Fsp3) is 0. The molecule has 2 heteroatoms. The Hall–Kier alpha value is -3.26. The molecular formula is C22H16N2. The molecule has 1 N–H and O–H groups in total. The van der Waals surface area contributed by atoms with Crippen molar-refractivity contribution < 1.29 is 0 Å². The summed E-state index contributed by atoms with van der Waals surface area (Å²) in [4.78, 5) is 3.61. The Labute approximate surface area is 140 Å². The van der Waals surface area contributed by atoms with Gasteiger partial charge in [0.25, 0.3) is 0 Å². The van der Waals surface area contributed by atoms with Crippen LogP contribution in [0.2, 0.25) is 0 Å². The Morgan fingerprint density at radius 2 is 1.33 bits per heavy atom. The van der Waals surface area contributed by atoms with Crippen molar-refractivity contribution in [2.45, 2.75) is 0 Å². The predicted octanol–water partition coefficient (Wildman–Crippen LogP) is 5.75. The SMILES string of the molecule is c1ccc(-c2ccccc2-c2cn3cc4ccccc4c3[nH]2)cc1. The maximum atomic E-state index is 3.61. The van der Waals surface area contributed by atoms with Crippen molar-refractivity contribution in [2.75, 3.05) is 0 Å². The van der Waals surface area contributed by atoms with Crippen LogP contribution in [0, 0.1) is 0 Å². The van der Waals surface area contributed by atoms with Crippen LogP contribution in [0.4, 0.5) is 0 Å². The highest BCUT2D eigenvalue weighted by molar-refractivity contribution is 5.96. The fourth-order valence-corrected chi connectivity index (χ4v) is 3.44. The van der Waals surface area contributed by atoms with Crippen LogP contribution in [-0.2, 0) is 0 Å². The smallest absolute Gasteiger partial charge is 0.122 e. The van der Waals surface area contributed by atoms with Crippen molar-refractivity contribution in [3.8, 4) is 22.4 Å². The van der Waals surface area contributed by atoms with E-state index in [0.29, 0.717) is 0 Å². The molecule has 0 bridgehead atoms. The van der Waals surface area contributed by atoms with E-state index in [0.717, 1.165) is 11.3 Å². The maximum absolute atomic E-state index is 3.61. The van der Waals surface area contributed by atoms with Gasteiger partial charge in [0.1, 0.15) is 5.65 Å². The van der Waals surface area contributed by atoms with E-state index < -0.39 is 0 Å². The number of aromatic amines is 1. The molecule has 0 aliphatic heterocycles. The zero-order chi connectivity index (χ0) is 15.9. The average molecular weight is 308 g/mol. The summed E-state index contributed by atoms with van der Waals surface area (Å²) in [5.41, 5.74) is 5.97. The molecule has 0 amide bonds. The Bertz CT molecular complexity index is 1150. The second-order valence-corrected chi connectivity index (χ2v) is 6.05. The van der Waals surface area contributed by atoms with E-state index in [9.17, 15) is 0 Å². The van der Waals surface area contributed by atoms with Crippen LogP contribution in [0.3, 0.4) is 0 Å². The number of aromatic nitrogens is 2. The van der Waals surface area contributed by atoms with Gasteiger partial charge in [-0.15, -0.1) is 0 Å². The topological polar surface area (TPSA) is 20.2 Å². The number of nitrogens with one attached hydrogen (secondary N) is 1. The zero-order valence-electron chi connectivity index (χ0n) is 13.1. The first-order valence-electron chi connectivity index (χ1n) is 8.13. The minimum atomic E-state index is 1.13. The van der Waals surface area contributed by atoms with Gasteiger partial charge in [-0.2, -0.15) is 0 Å². The van der Waals surface area contributed by atoms with E-state index in [1.165, 1.54) is 27.5 Å². The van der Waals surface area contributed by atoms with Crippen molar-refractivity contribution in [3.05, 3.63) is 91.3 Å². The summed E-state index contributed by atoms with van der Waals surface area (Å²) in [6.07, 6.45) is 4.35. The van der Waals surface area contributed by atoms with Crippen LogP contribution in [0.25, 0.3) is 38.8 Å². The molecule has 5 rings (SSSR count). The summed E-state index contributed by atoms with van der Waals surface area (Å²) in [6, 6.07) is 27.5. The molecule has 0 fully saturated rings. The molecule has 114 valence electrons. The molecule has 5 aromatic rings. The summed E-state index contributed by atoms with van der Waals surface area (Å²) in [5, 5.41) is 2.51. The van der Waals surface area contributed by atoms with Crippen molar-refractivity contribution in [3.63, 3.8) is 0 Å². The molecule has 3 aromatic carbocycles. The molecule has 0 aliphatic rings. The van der Waals surface area contributed by atoms with Gasteiger partial charge < -0.3 is 9.38 Å². The minimum Gasteiger partial charge on any atom is -0.339 e. The monoisotopic (exact) mass is 308 g/mol. The lowest BCUT2D eigenvalue weighted by Gasteiger charge is -2.08. The van der Waals surface area contributed by atoms with Crippen molar-refractivity contribution >= 4 is 16.4 Å². The number of imidazole rings is 1. The minimum absolute atomic E-state index is 1.13. The Kier molecular flexibility index (Phi) is 2.83. The predicted molar refractivity (Wildman–Crippen MR) is 100 cm³/mol. The van der Waals surface area contributed by atoms with Crippen LogP contribution in [0.5, 0.6) is 0 Å². The molecule has 2 nitrogen and oxygen atoms in total. The first-order valence-corrected chi connectivity index (χ1v) is 8.13. The highest BCUT2D eigenvalue weighted by Gasteiger charge is 2.11. The molecule has 0 unspecified atom stereocenters. The molecule has 0 saturated heterocycles. The lowest BCUT2D eigenvalue weighted by molar-refractivity contribution is 1.24. The zero-order valence-corrected chi connectivity index (χ0v) is 13.1. The number of fused-ring (bicyclic) bond motifs is 3. The van der Waals surface area contributed by atoms with Gasteiger partial charge >= 0.3 is 0 Å². The summed E-state index contributed by atoms with van der Waals surface area (Å²) >= 11 is 0. The van der Waals surface area contributed by atoms with Crippen LogP contribution in [0.1, 0.15) is 0 Å². The quantitative estimate of drug-likeness (QED) is 0.428. The van der Waals surface area contributed by atoms with Gasteiger partial charge in [0.05, 0.1) is 5.69 Å². The molecule has 0 aliphatic carbocycles. The maximum Gasteiger partial charge on any atom is 0.122 e. The number of rotatable bonds is 2. The number of hydrogen-bond donors (Lipinski definition) is 1. The molecule has 0 spiro atoms. The third kappa shape index (κ3) is 1.97. The van der Waals surface area contributed by atoms with Gasteiger partial charge in [-0.3, -0.25) is 0 Å². The van der Waals surface area contributed by atoms with E-state index >= 15 is 0 Å². The molecule has 2 aromatic heterocycles. The van der Waals surface area contributed by atoms with E-state index in [1.54, 1.807) is 0 Å². The summed E-state index contributed by atoms with van der Waals surface area (Å²) in [7, 11) is 0. The second-order valence-electron chi connectivity index (χ2n) is 6.05.